The molecule has 4 aromatic carbocycles. The van der Waals surface area contributed by atoms with Crippen molar-refractivity contribution in [2.24, 2.45) is 0 Å². The van der Waals surface area contributed by atoms with Gasteiger partial charge in [-0.25, -0.2) is 29.9 Å². The third kappa shape index (κ3) is 4.48. The number of benzene rings is 4. The number of nitrogens with zero attached hydrogens (tertiary/aromatic N) is 6. The summed E-state index contributed by atoms with van der Waals surface area (Å²) in [5.41, 5.74) is 5.75. The average molecular weight is 631 g/mol. The first-order valence-corrected chi connectivity index (χ1v) is 16.0. The van der Waals surface area contributed by atoms with Crippen molar-refractivity contribution in [2.75, 3.05) is 0 Å². The van der Waals surface area contributed by atoms with Crippen LogP contribution in [0.3, 0.4) is 0 Å². The van der Waals surface area contributed by atoms with Crippen LogP contribution in [-0.2, 0) is 0 Å². The monoisotopic (exact) mass is 630 g/mol. The number of fused-ring (bicyclic) bond motifs is 20. The molecule has 0 unspecified atom stereocenters. The Morgan fingerprint density at radius 1 is 0.417 bits per heavy atom. The van der Waals surface area contributed by atoms with Crippen molar-refractivity contribution in [2.45, 2.75) is 39.9 Å². The molecule has 5 heterocycles. The maximum Gasteiger partial charge on any atom is 0.168 e. The van der Waals surface area contributed by atoms with E-state index in [2.05, 4.69) is 9.97 Å². The number of ether oxygens (including phenoxy) is 2. The van der Waals surface area contributed by atoms with Crippen LogP contribution in [0.1, 0.15) is 27.7 Å². The third-order valence-electron chi connectivity index (χ3n) is 8.35. The fraction of sp³-hybridized carbons (Fsp3) is 0.158. The number of nitrogens with one attached hydrogen (secondary N) is 2. The molecule has 234 valence electrons. The molecule has 10 heteroatoms. The first kappa shape index (κ1) is 28.1. The van der Waals surface area contributed by atoms with Crippen molar-refractivity contribution >= 4 is 44.1 Å². The molecule has 48 heavy (non-hydrogen) atoms. The Bertz CT molecular complexity index is 2430. The van der Waals surface area contributed by atoms with Crippen LogP contribution in [0.25, 0.3) is 89.7 Å². The van der Waals surface area contributed by atoms with E-state index in [9.17, 15) is 0 Å². The third-order valence-corrected chi connectivity index (χ3v) is 8.35. The van der Waals surface area contributed by atoms with E-state index in [1.54, 1.807) is 0 Å². The molecular formula is C38H30N8O2. The summed E-state index contributed by atoms with van der Waals surface area (Å²) in [5, 5.41) is 3.62. The van der Waals surface area contributed by atoms with Crippen molar-refractivity contribution in [1.29, 1.82) is 0 Å². The highest BCUT2D eigenvalue weighted by Gasteiger charge is 2.29. The van der Waals surface area contributed by atoms with Gasteiger partial charge in [0.1, 0.15) is 34.1 Å². The maximum absolute atomic E-state index is 6.36. The Morgan fingerprint density at radius 2 is 0.750 bits per heavy atom. The van der Waals surface area contributed by atoms with Crippen molar-refractivity contribution in [1.82, 2.24) is 39.9 Å². The molecule has 0 spiro atoms. The molecule has 3 aromatic heterocycles. The molecule has 0 radical (unpaired) electrons. The van der Waals surface area contributed by atoms with Crippen molar-refractivity contribution in [3.63, 3.8) is 0 Å². The topological polar surface area (TPSA) is 127 Å². The predicted molar refractivity (Wildman–Crippen MR) is 188 cm³/mol. The summed E-state index contributed by atoms with van der Waals surface area (Å²) in [6.07, 6.45) is -0.167. The van der Waals surface area contributed by atoms with Gasteiger partial charge in [-0.1, -0.05) is 72.8 Å². The van der Waals surface area contributed by atoms with Crippen molar-refractivity contribution in [3.8, 4) is 57.1 Å². The van der Waals surface area contributed by atoms with E-state index >= 15 is 0 Å². The van der Waals surface area contributed by atoms with E-state index in [-0.39, 0.29) is 12.2 Å². The summed E-state index contributed by atoms with van der Waals surface area (Å²) >= 11 is 0. The van der Waals surface area contributed by atoms with Crippen LogP contribution in [0.15, 0.2) is 84.9 Å². The predicted octanol–water partition coefficient (Wildman–Crippen LogP) is 8.44. The lowest BCUT2D eigenvalue weighted by molar-refractivity contribution is 0.236. The molecule has 0 fully saturated rings. The van der Waals surface area contributed by atoms with Gasteiger partial charge >= 0.3 is 0 Å². The molecule has 0 amide bonds. The maximum atomic E-state index is 6.36. The molecule has 2 aliphatic heterocycles. The zero-order valence-corrected chi connectivity index (χ0v) is 26.7. The van der Waals surface area contributed by atoms with Crippen LogP contribution in [0, 0.1) is 0 Å². The van der Waals surface area contributed by atoms with E-state index in [1.165, 1.54) is 0 Å². The smallest absolute Gasteiger partial charge is 0.168 e. The molecule has 0 aliphatic carbocycles. The molecule has 0 saturated carbocycles. The van der Waals surface area contributed by atoms with Gasteiger partial charge in [0.2, 0.25) is 0 Å². The van der Waals surface area contributed by atoms with Crippen LogP contribution < -0.4 is 9.47 Å². The molecule has 2 aliphatic rings. The van der Waals surface area contributed by atoms with Crippen molar-refractivity contribution in [3.05, 3.63) is 84.9 Å². The first-order chi connectivity index (χ1) is 23.4. The van der Waals surface area contributed by atoms with Gasteiger partial charge in [-0.15, -0.1) is 0 Å². The van der Waals surface area contributed by atoms with E-state index in [1.807, 2.05) is 113 Å². The lowest BCUT2D eigenvalue weighted by Gasteiger charge is -2.17. The number of aromatic amines is 2. The normalized spacial score (nSPS) is 12.1. The van der Waals surface area contributed by atoms with Gasteiger partial charge in [-0.3, -0.25) is 0 Å². The largest absolute Gasteiger partial charge is 0.490 e. The quantitative estimate of drug-likeness (QED) is 0.198. The number of hydrogen-bond acceptors (Lipinski definition) is 8. The molecule has 2 N–H and O–H groups in total. The molecule has 7 aromatic rings. The highest BCUT2D eigenvalue weighted by Crippen LogP contribution is 2.47. The fourth-order valence-corrected chi connectivity index (χ4v) is 6.41. The molecule has 9 rings (SSSR count). The first-order valence-electron chi connectivity index (χ1n) is 16.0. The van der Waals surface area contributed by atoms with Crippen molar-refractivity contribution < 1.29 is 9.47 Å². The highest BCUT2D eigenvalue weighted by atomic mass is 16.5. The summed E-state index contributed by atoms with van der Waals surface area (Å²) in [4.78, 5) is 37.5. The van der Waals surface area contributed by atoms with Crippen LogP contribution in [0.5, 0.6) is 11.5 Å². The van der Waals surface area contributed by atoms with Gasteiger partial charge in [0.15, 0.2) is 23.3 Å². The molecule has 0 saturated heterocycles. The second-order valence-electron chi connectivity index (χ2n) is 12.4. The number of H-pyrrole nitrogens is 2. The SMILES string of the molecule is CC(C)Oc1ccc(OC(C)C)c2c1-c1nc-2nc2[nH]c(nc3nc(nc4[nH]c(n1)c1ccccc41)-c1ccccc1-3)c1ccccc21. The Labute approximate surface area is 274 Å². The summed E-state index contributed by atoms with van der Waals surface area (Å²) in [7, 11) is 0. The van der Waals surface area contributed by atoms with E-state index in [0.717, 1.165) is 43.8 Å². The molecule has 0 atom stereocenters. The number of hydrogen-bond donors (Lipinski definition) is 2. The van der Waals surface area contributed by atoms with Crippen LogP contribution >= 0.6 is 0 Å². The van der Waals surface area contributed by atoms with Gasteiger partial charge in [-0.05, 0) is 39.8 Å². The van der Waals surface area contributed by atoms with Crippen LogP contribution in [0.4, 0.5) is 0 Å². The van der Waals surface area contributed by atoms with Gasteiger partial charge in [-0.2, -0.15) is 0 Å². The average Bonchev–Trinajstić information content (AvgIpc) is 3.81. The highest BCUT2D eigenvalue weighted by molar-refractivity contribution is 6.06. The zero-order chi connectivity index (χ0) is 32.5. The Morgan fingerprint density at radius 3 is 1.12 bits per heavy atom. The molecular weight excluding hydrogens is 600 g/mol. The standard InChI is InChI=1S/C38H30N8O2/c1-19(2)47-27-17-18-28(48-20(3)4)30-29(27)37-44-35-25-15-9-7-13-23(25)33(42-35)40-31-21-11-5-6-12-22(21)32(39-31)41-34-24-14-8-10-16-26(24)36(43-34)45-38(30)46-37/h5-20H,1-4H3,(H2,39,40,41,42,43,44,45,46). The summed E-state index contributed by atoms with van der Waals surface area (Å²) in [6.45, 7) is 8.00. The number of rotatable bonds is 4. The lowest BCUT2D eigenvalue weighted by Crippen LogP contribution is -2.09. The number of aromatic nitrogens is 8. The Hall–Kier alpha value is -6.16. The summed E-state index contributed by atoms with van der Waals surface area (Å²) in [6, 6.07) is 27.9. The van der Waals surface area contributed by atoms with E-state index < -0.39 is 0 Å². The van der Waals surface area contributed by atoms with Crippen LogP contribution in [-0.4, -0.2) is 52.1 Å². The van der Waals surface area contributed by atoms with E-state index in [0.29, 0.717) is 57.4 Å². The Kier molecular flexibility index (Phi) is 6.26. The van der Waals surface area contributed by atoms with Gasteiger partial charge in [0.05, 0.1) is 23.3 Å². The second-order valence-corrected chi connectivity index (χ2v) is 12.4. The minimum atomic E-state index is -0.0837. The second kappa shape index (κ2) is 10.7. The lowest BCUT2D eigenvalue weighted by atomic mass is 10.1. The summed E-state index contributed by atoms with van der Waals surface area (Å²) < 4.78 is 12.7. The minimum Gasteiger partial charge on any atom is -0.490 e. The minimum absolute atomic E-state index is 0.0837. The van der Waals surface area contributed by atoms with E-state index in [4.69, 9.17) is 39.4 Å². The Balaban J connectivity index is 1.48. The zero-order valence-electron chi connectivity index (χ0n) is 26.7. The fourth-order valence-electron chi connectivity index (χ4n) is 6.41. The van der Waals surface area contributed by atoms with Gasteiger partial charge in [0, 0.05) is 32.7 Å². The molecule has 8 bridgehead atoms. The molecule has 10 nitrogen and oxygen atoms in total. The van der Waals surface area contributed by atoms with Gasteiger partial charge in [0.25, 0.3) is 0 Å². The van der Waals surface area contributed by atoms with Gasteiger partial charge < -0.3 is 19.4 Å². The van der Waals surface area contributed by atoms with Crippen LogP contribution in [0.2, 0.25) is 0 Å². The summed E-state index contributed by atoms with van der Waals surface area (Å²) in [5.74, 6) is 3.35.